The minimum atomic E-state index is -3.83. The van der Waals surface area contributed by atoms with Gasteiger partial charge < -0.3 is 15.2 Å². The molecule has 0 spiro atoms. The highest BCUT2D eigenvalue weighted by molar-refractivity contribution is 7.92. The summed E-state index contributed by atoms with van der Waals surface area (Å²) >= 11 is 0. The lowest BCUT2D eigenvalue weighted by atomic mass is 10.1. The molecule has 0 unspecified atom stereocenters. The van der Waals surface area contributed by atoms with Gasteiger partial charge in [0, 0.05) is 36.4 Å². The number of aromatic nitrogens is 2. The second-order valence-corrected chi connectivity index (χ2v) is 10.3. The van der Waals surface area contributed by atoms with Crippen molar-refractivity contribution < 1.29 is 22.0 Å². The molecular formula is C25H25F2N5O3S. The largest absolute Gasteiger partial charge is 0.378 e. The summed E-state index contributed by atoms with van der Waals surface area (Å²) in [7, 11) is 0.0594. The molecule has 0 saturated carbocycles. The third kappa shape index (κ3) is 5.30. The molecule has 0 aliphatic heterocycles. The van der Waals surface area contributed by atoms with E-state index in [4.69, 9.17) is 0 Å². The SMILES string of the molecule is CCCS(=O)(=O)Nc1ccc(F)c(C(=O)Nc2cnc3[nH]c(-c4cccc(N(C)C)c4)cc3c2)c1F. The number of nitrogens with one attached hydrogen (secondary N) is 3. The third-order valence-corrected chi connectivity index (χ3v) is 6.93. The van der Waals surface area contributed by atoms with Crippen LogP contribution in [0.15, 0.2) is 54.7 Å². The van der Waals surface area contributed by atoms with Gasteiger partial charge in [0.05, 0.1) is 23.3 Å². The molecule has 36 heavy (non-hydrogen) atoms. The highest BCUT2D eigenvalue weighted by Gasteiger charge is 2.23. The predicted molar refractivity (Wildman–Crippen MR) is 138 cm³/mol. The Balaban J connectivity index is 1.60. The van der Waals surface area contributed by atoms with Crippen molar-refractivity contribution >= 4 is 44.0 Å². The molecule has 2 heterocycles. The van der Waals surface area contributed by atoms with Gasteiger partial charge in [-0.15, -0.1) is 0 Å². The quantitative estimate of drug-likeness (QED) is 0.308. The van der Waals surface area contributed by atoms with E-state index in [1.807, 2.05) is 49.3 Å². The van der Waals surface area contributed by atoms with Gasteiger partial charge in [-0.05, 0) is 42.8 Å². The van der Waals surface area contributed by atoms with Gasteiger partial charge in [-0.1, -0.05) is 19.1 Å². The fraction of sp³-hybridized carbons (Fsp3) is 0.200. The van der Waals surface area contributed by atoms with Crippen LogP contribution >= 0.6 is 0 Å². The number of aromatic amines is 1. The first-order valence-electron chi connectivity index (χ1n) is 11.1. The number of hydrogen-bond donors (Lipinski definition) is 3. The van der Waals surface area contributed by atoms with Crippen LogP contribution < -0.4 is 14.9 Å². The molecule has 1 amide bonds. The molecule has 0 bridgehead atoms. The number of H-pyrrole nitrogens is 1. The Labute approximate surface area is 207 Å². The zero-order valence-corrected chi connectivity index (χ0v) is 20.7. The Kier molecular flexibility index (Phi) is 6.93. The normalized spacial score (nSPS) is 11.5. The minimum Gasteiger partial charge on any atom is -0.378 e. The standard InChI is InChI=1S/C25H25F2N5O3S/c1-4-10-36(34,35)31-20-9-8-19(26)22(23(20)27)25(33)29-17-11-16-13-21(30-24(16)28-14-17)15-6-5-7-18(12-15)32(2)3/h5-9,11-14,31H,4,10H2,1-3H3,(H,28,30)(H,29,33). The number of rotatable bonds is 8. The summed E-state index contributed by atoms with van der Waals surface area (Å²) in [5.41, 5.74) is 2.17. The lowest BCUT2D eigenvalue weighted by Crippen LogP contribution is -2.20. The van der Waals surface area contributed by atoms with Gasteiger partial charge in [-0.2, -0.15) is 0 Å². The predicted octanol–water partition coefficient (Wildman–Crippen LogP) is 4.98. The third-order valence-electron chi connectivity index (χ3n) is 5.46. The van der Waals surface area contributed by atoms with Gasteiger partial charge in [-0.25, -0.2) is 22.2 Å². The van der Waals surface area contributed by atoms with Gasteiger partial charge >= 0.3 is 0 Å². The molecule has 4 rings (SSSR count). The average Bonchev–Trinajstić information content (AvgIpc) is 3.24. The zero-order valence-electron chi connectivity index (χ0n) is 19.9. The molecule has 188 valence electrons. The van der Waals surface area contributed by atoms with Crippen molar-refractivity contribution in [2.75, 3.05) is 34.8 Å². The number of anilines is 3. The van der Waals surface area contributed by atoms with Crippen LogP contribution in [0.4, 0.5) is 25.8 Å². The van der Waals surface area contributed by atoms with Crippen molar-refractivity contribution in [3.8, 4) is 11.3 Å². The first kappa shape index (κ1) is 25.1. The number of carbonyl (C=O) groups is 1. The van der Waals surface area contributed by atoms with Crippen LogP contribution in [0.1, 0.15) is 23.7 Å². The molecule has 2 aromatic carbocycles. The molecule has 0 radical (unpaired) electrons. The van der Waals surface area contributed by atoms with Gasteiger partial charge in [-0.3, -0.25) is 9.52 Å². The number of nitrogens with zero attached hydrogens (tertiary/aromatic N) is 2. The number of fused-ring (bicyclic) bond motifs is 1. The summed E-state index contributed by atoms with van der Waals surface area (Å²) in [5, 5.41) is 3.12. The van der Waals surface area contributed by atoms with E-state index in [1.165, 1.54) is 6.20 Å². The fourth-order valence-electron chi connectivity index (χ4n) is 3.71. The number of amides is 1. The molecule has 4 aromatic rings. The summed E-state index contributed by atoms with van der Waals surface area (Å²) in [4.78, 5) is 22.3. The van der Waals surface area contributed by atoms with E-state index in [0.29, 0.717) is 17.5 Å². The number of pyridine rings is 1. The van der Waals surface area contributed by atoms with Crippen molar-refractivity contribution in [2.24, 2.45) is 0 Å². The summed E-state index contributed by atoms with van der Waals surface area (Å²) in [6.45, 7) is 1.65. The van der Waals surface area contributed by atoms with Crippen LogP contribution in [0.25, 0.3) is 22.3 Å². The number of hydrogen-bond acceptors (Lipinski definition) is 5. The molecule has 0 saturated heterocycles. The highest BCUT2D eigenvalue weighted by atomic mass is 32.2. The molecule has 0 fully saturated rings. The molecule has 0 atom stereocenters. The van der Waals surface area contributed by atoms with Crippen molar-refractivity contribution in [3.63, 3.8) is 0 Å². The van der Waals surface area contributed by atoms with E-state index in [2.05, 4.69) is 20.0 Å². The van der Waals surface area contributed by atoms with Crippen molar-refractivity contribution in [1.29, 1.82) is 0 Å². The number of halogens is 2. The Morgan fingerprint density at radius 3 is 2.61 bits per heavy atom. The van der Waals surface area contributed by atoms with Crippen LogP contribution in [-0.2, 0) is 10.0 Å². The molecule has 0 aliphatic rings. The summed E-state index contributed by atoms with van der Waals surface area (Å²) in [6, 6.07) is 13.2. The van der Waals surface area contributed by atoms with Crippen LogP contribution in [0.3, 0.4) is 0 Å². The molecule has 11 heteroatoms. The second-order valence-electron chi connectivity index (χ2n) is 8.45. The van der Waals surface area contributed by atoms with Gasteiger partial charge in [0.25, 0.3) is 5.91 Å². The van der Waals surface area contributed by atoms with Crippen LogP contribution in [0.5, 0.6) is 0 Å². The maximum absolute atomic E-state index is 14.9. The number of sulfonamides is 1. The second kappa shape index (κ2) is 9.94. The van der Waals surface area contributed by atoms with E-state index >= 15 is 0 Å². The van der Waals surface area contributed by atoms with Crippen molar-refractivity contribution in [1.82, 2.24) is 9.97 Å². The molecule has 2 aromatic heterocycles. The first-order chi connectivity index (χ1) is 17.1. The molecular weight excluding hydrogens is 488 g/mol. The van der Waals surface area contributed by atoms with Crippen LogP contribution in [-0.4, -0.2) is 44.1 Å². The van der Waals surface area contributed by atoms with E-state index < -0.39 is 38.8 Å². The van der Waals surface area contributed by atoms with E-state index in [0.717, 1.165) is 29.1 Å². The maximum Gasteiger partial charge on any atom is 0.261 e. The van der Waals surface area contributed by atoms with E-state index in [1.54, 1.807) is 13.0 Å². The van der Waals surface area contributed by atoms with E-state index in [-0.39, 0.29) is 11.4 Å². The minimum absolute atomic E-state index is 0.218. The van der Waals surface area contributed by atoms with Crippen LogP contribution in [0, 0.1) is 11.6 Å². The first-order valence-corrected chi connectivity index (χ1v) is 12.8. The van der Waals surface area contributed by atoms with Gasteiger partial charge in [0.2, 0.25) is 10.0 Å². The number of carbonyl (C=O) groups excluding carboxylic acids is 1. The zero-order chi connectivity index (χ0) is 26.0. The monoisotopic (exact) mass is 513 g/mol. The lowest BCUT2D eigenvalue weighted by molar-refractivity contribution is 0.101. The molecule has 8 nitrogen and oxygen atoms in total. The van der Waals surface area contributed by atoms with E-state index in [9.17, 15) is 22.0 Å². The summed E-state index contributed by atoms with van der Waals surface area (Å²) in [6.07, 6.45) is 1.67. The number of benzene rings is 2. The Morgan fingerprint density at radius 2 is 1.89 bits per heavy atom. The summed E-state index contributed by atoms with van der Waals surface area (Å²) in [5.74, 6) is -3.74. The maximum atomic E-state index is 14.9. The van der Waals surface area contributed by atoms with Crippen LogP contribution in [0.2, 0.25) is 0 Å². The Bertz CT molecular complexity index is 1550. The molecule has 0 aliphatic carbocycles. The van der Waals surface area contributed by atoms with Gasteiger partial charge in [0.15, 0.2) is 5.82 Å². The smallest absolute Gasteiger partial charge is 0.261 e. The van der Waals surface area contributed by atoms with Crippen molar-refractivity contribution in [2.45, 2.75) is 13.3 Å². The highest BCUT2D eigenvalue weighted by Crippen LogP contribution is 2.28. The average molecular weight is 514 g/mol. The Morgan fingerprint density at radius 1 is 1.11 bits per heavy atom. The van der Waals surface area contributed by atoms with Gasteiger partial charge in [0.1, 0.15) is 17.0 Å². The Hall–Kier alpha value is -3.99. The topological polar surface area (TPSA) is 107 Å². The summed E-state index contributed by atoms with van der Waals surface area (Å²) < 4.78 is 55.4. The molecule has 3 N–H and O–H groups in total. The lowest BCUT2D eigenvalue weighted by Gasteiger charge is -2.13. The fourth-order valence-corrected chi connectivity index (χ4v) is 4.84. The van der Waals surface area contributed by atoms with Crippen molar-refractivity contribution in [3.05, 3.63) is 71.9 Å².